The van der Waals surface area contributed by atoms with Crippen LogP contribution in [0, 0.1) is 0 Å². The smallest absolute Gasteiger partial charge is 0.306 e. The van der Waals surface area contributed by atoms with Gasteiger partial charge in [0.1, 0.15) is 56.4 Å². The molecular weight excluding hydrogens is 1250 g/mol. The van der Waals surface area contributed by atoms with E-state index in [4.69, 9.17) is 33.2 Å². The molecule has 0 unspecified atom stereocenters. The molecule has 2 rings (SSSR count). The van der Waals surface area contributed by atoms with Crippen LogP contribution in [0.2, 0.25) is 0 Å². The molecule has 0 spiro atoms. The van der Waals surface area contributed by atoms with Gasteiger partial charge in [0.05, 0.1) is 0 Å². The molecule has 2 heterocycles. The van der Waals surface area contributed by atoms with Crippen molar-refractivity contribution in [3.63, 3.8) is 0 Å². The molecule has 2 aliphatic rings. The monoisotopic (exact) mass is 1410 g/mol. The summed E-state index contributed by atoms with van der Waals surface area (Å²) in [6.45, 7) is 7.31. The van der Waals surface area contributed by atoms with Gasteiger partial charge in [-0.3, -0.25) is 19.2 Å². The van der Waals surface area contributed by atoms with Crippen molar-refractivity contribution in [3.8, 4) is 0 Å². The van der Waals surface area contributed by atoms with Crippen LogP contribution in [0.15, 0.2) is 0 Å². The van der Waals surface area contributed by atoms with Gasteiger partial charge in [0.2, 0.25) is 5.79 Å². The van der Waals surface area contributed by atoms with Gasteiger partial charge in [-0.05, 0) is 25.7 Å². The Labute approximate surface area is 607 Å². The Morgan fingerprint density at radius 3 is 0.818 bits per heavy atom. The van der Waals surface area contributed by atoms with E-state index >= 15 is 0 Å². The third-order valence-electron chi connectivity index (χ3n) is 20.9. The van der Waals surface area contributed by atoms with Crippen LogP contribution in [0.25, 0.3) is 0 Å². The minimum atomic E-state index is -2.40. The largest absolute Gasteiger partial charge is 0.463 e. The lowest BCUT2D eigenvalue weighted by atomic mass is 9.98. The minimum Gasteiger partial charge on any atom is -0.463 e. The molecule has 9 atom stereocenters. The highest BCUT2D eigenvalue weighted by Gasteiger charge is 2.60. The molecule has 0 saturated carbocycles. The highest BCUT2D eigenvalue weighted by molar-refractivity contribution is 5.70. The standard InChI is InChI=1S/C84H158O15/c1-5-9-13-17-21-25-29-33-37-41-45-49-53-57-61-65-74(85)93-69-72-78(89)81(97-77(88)68-64-60-56-52-48-44-40-36-32-28-24-20-16-12-8-4)80(91)83(96-72)99-84(71-95-76(87)67-63-59-55-51-47-43-39-35-31-27-23-19-15-11-7-3)82(92)79(90)73(98-84)70-94-75(86)66-62-58-54-50-46-42-38-34-30-26-22-18-14-10-6-2/h72-73,78-83,89-92H,5-71H2,1-4H3/t72-,73-,78-,79-,80-,81+,82+,83-,84+/m1/s1. The maximum Gasteiger partial charge on any atom is 0.306 e. The first-order valence-corrected chi connectivity index (χ1v) is 42.8. The van der Waals surface area contributed by atoms with E-state index in [0.717, 1.165) is 89.9 Å². The molecule has 2 fully saturated rings. The van der Waals surface area contributed by atoms with Gasteiger partial charge in [0.15, 0.2) is 12.4 Å². The summed E-state index contributed by atoms with van der Waals surface area (Å²) in [6.07, 6.45) is 58.0. The molecule has 15 heteroatoms. The van der Waals surface area contributed by atoms with E-state index in [1.165, 1.54) is 270 Å². The Kier molecular flexibility index (Phi) is 62.1. The minimum absolute atomic E-state index is 0.0343. The lowest BCUT2D eigenvalue weighted by Crippen LogP contribution is -2.64. The predicted octanol–water partition coefficient (Wildman–Crippen LogP) is 21.9. The molecule has 4 N–H and O–H groups in total. The van der Waals surface area contributed by atoms with Crippen LogP contribution in [0.4, 0.5) is 0 Å². The Morgan fingerprint density at radius 2 is 0.535 bits per heavy atom. The second-order valence-corrected chi connectivity index (χ2v) is 30.3. The maximum absolute atomic E-state index is 13.6. The summed E-state index contributed by atoms with van der Waals surface area (Å²) < 4.78 is 41.9. The fraction of sp³-hybridized carbons (Fsp3) is 0.952. The zero-order valence-electron chi connectivity index (χ0n) is 64.8. The molecule has 0 bridgehead atoms. The van der Waals surface area contributed by atoms with Crippen molar-refractivity contribution in [3.05, 3.63) is 0 Å². The number of hydrogen-bond donors (Lipinski definition) is 4. The Bertz CT molecular complexity index is 1840. The quantitative estimate of drug-likeness (QED) is 0.0253. The molecule has 0 radical (unpaired) electrons. The average Bonchev–Trinajstić information content (AvgIpc) is 1.67. The zero-order valence-corrected chi connectivity index (χ0v) is 64.8. The summed E-state index contributed by atoms with van der Waals surface area (Å²) in [5.41, 5.74) is 0. The lowest BCUT2D eigenvalue weighted by Gasteiger charge is -2.44. The van der Waals surface area contributed by atoms with E-state index in [1.54, 1.807) is 0 Å². The Morgan fingerprint density at radius 1 is 0.293 bits per heavy atom. The van der Waals surface area contributed by atoms with Crippen LogP contribution in [0.3, 0.4) is 0 Å². The van der Waals surface area contributed by atoms with Crippen molar-refractivity contribution >= 4 is 23.9 Å². The van der Waals surface area contributed by atoms with Crippen molar-refractivity contribution < 1.29 is 72.8 Å². The number of rotatable bonds is 73. The number of esters is 4. The van der Waals surface area contributed by atoms with Gasteiger partial charge in [0.25, 0.3) is 0 Å². The van der Waals surface area contributed by atoms with E-state index in [9.17, 15) is 39.6 Å². The normalized spacial score (nSPS) is 20.8. The van der Waals surface area contributed by atoms with Crippen molar-refractivity contribution in [1.29, 1.82) is 0 Å². The number of aliphatic hydroxyl groups excluding tert-OH is 4. The molecule has 2 aliphatic heterocycles. The van der Waals surface area contributed by atoms with Gasteiger partial charge in [-0.15, -0.1) is 0 Å². The Balaban J connectivity index is 2.12. The second kappa shape index (κ2) is 66.3. The van der Waals surface area contributed by atoms with Crippen LogP contribution >= 0.6 is 0 Å². The number of ether oxygens (including phenoxy) is 7. The topological polar surface area (TPSA) is 214 Å². The van der Waals surface area contributed by atoms with Gasteiger partial charge >= 0.3 is 23.9 Å². The number of hydrogen-bond acceptors (Lipinski definition) is 15. The molecule has 2 saturated heterocycles. The van der Waals surface area contributed by atoms with Gasteiger partial charge in [0, 0.05) is 25.7 Å². The number of unbranched alkanes of at least 4 members (excludes halogenated alkanes) is 56. The van der Waals surface area contributed by atoms with Crippen LogP contribution in [-0.4, -0.2) is 119 Å². The summed E-state index contributed by atoms with van der Waals surface area (Å²) in [5.74, 6) is -4.65. The van der Waals surface area contributed by atoms with Crippen molar-refractivity contribution in [2.75, 3.05) is 19.8 Å². The molecule has 0 aromatic carbocycles. The molecule has 0 aromatic heterocycles. The molecule has 99 heavy (non-hydrogen) atoms. The number of carbonyl (C=O) groups is 4. The third kappa shape index (κ3) is 49.9. The highest BCUT2D eigenvalue weighted by Crippen LogP contribution is 2.38. The fourth-order valence-corrected chi connectivity index (χ4v) is 14.2. The number of aliphatic hydroxyl groups is 4. The van der Waals surface area contributed by atoms with Gasteiger partial charge in [-0.25, -0.2) is 0 Å². The van der Waals surface area contributed by atoms with Crippen molar-refractivity contribution in [2.45, 2.75) is 493 Å². The fourth-order valence-electron chi connectivity index (χ4n) is 14.2. The van der Waals surface area contributed by atoms with Gasteiger partial charge < -0.3 is 53.6 Å². The van der Waals surface area contributed by atoms with Gasteiger partial charge in [-0.1, -0.05) is 387 Å². The van der Waals surface area contributed by atoms with Crippen LogP contribution < -0.4 is 0 Å². The van der Waals surface area contributed by atoms with Crippen molar-refractivity contribution in [1.82, 2.24) is 0 Å². The maximum atomic E-state index is 13.6. The van der Waals surface area contributed by atoms with Crippen molar-refractivity contribution in [2.24, 2.45) is 0 Å². The molecule has 0 aromatic rings. The zero-order chi connectivity index (χ0) is 71.8. The summed E-state index contributed by atoms with van der Waals surface area (Å²) in [6, 6.07) is 0. The third-order valence-corrected chi connectivity index (χ3v) is 20.9. The van der Waals surface area contributed by atoms with E-state index in [1.807, 2.05) is 0 Å². The summed E-state index contributed by atoms with van der Waals surface area (Å²) in [4.78, 5) is 53.6. The first kappa shape index (κ1) is 92.7. The molecule has 584 valence electrons. The summed E-state index contributed by atoms with van der Waals surface area (Å²) >= 11 is 0. The van der Waals surface area contributed by atoms with E-state index in [0.29, 0.717) is 25.7 Å². The summed E-state index contributed by atoms with van der Waals surface area (Å²) in [5, 5.41) is 47.5. The molecule has 0 aliphatic carbocycles. The van der Waals surface area contributed by atoms with Gasteiger partial charge in [-0.2, -0.15) is 0 Å². The Hall–Kier alpha value is -2.40. The van der Waals surface area contributed by atoms with E-state index < -0.39 is 98.5 Å². The SMILES string of the molecule is CCCCCCCCCCCCCCCCCC(=O)OC[C@H]1O[C@@](COC(=O)CCCCCCCCCCCCCCCCC)(O[C@H]2O[C@H](COC(=O)CCCCCCCCCCCCCCCCC)[C@@H](O)[C@H](OC(=O)CCCCCCCCCCCCCCCCC)[C@H]2O)[C@@H](O)[C@@H]1O. The number of carbonyl (C=O) groups excluding carboxylic acids is 4. The highest BCUT2D eigenvalue weighted by atomic mass is 16.8. The van der Waals surface area contributed by atoms with E-state index in [-0.39, 0.29) is 25.7 Å². The first-order valence-electron chi connectivity index (χ1n) is 42.8. The second-order valence-electron chi connectivity index (χ2n) is 30.3. The van der Waals surface area contributed by atoms with Crippen LogP contribution in [0.1, 0.15) is 439 Å². The molecule has 0 amide bonds. The first-order chi connectivity index (χ1) is 48.4. The van der Waals surface area contributed by atoms with Crippen LogP contribution in [-0.2, 0) is 52.3 Å². The molecule has 15 nitrogen and oxygen atoms in total. The summed E-state index contributed by atoms with van der Waals surface area (Å²) in [7, 11) is 0. The predicted molar refractivity (Wildman–Crippen MR) is 402 cm³/mol. The average molecular weight is 1410 g/mol. The van der Waals surface area contributed by atoms with E-state index in [2.05, 4.69) is 27.7 Å². The molecular formula is C84H158O15. The lowest BCUT2D eigenvalue weighted by molar-refractivity contribution is -0.384. The van der Waals surface area contributed by atoms with Crippen LogP contribution in [0.5, 0.6) is 0 Å².